The molecule has 0 saturated heterocycles. The first-order chi connectivity index (χ1) is 7.65. The Hall–Kier alpha value is -1.48. The van der Waals surface area contributed by atoms with Crippen molar-refractivity contribution in [2.75, 3.05) is 5.32 Å². The lowest BCUT2D eigenvalue weighted by Gasteiger charge is -2.06. The van der Waals surface area contributed by atoms with E-state index in [1.54, 1.807) is 10.9 Å². The SMILES string of the molecule is Cc1ccc(CNc2cnn(C)c2)c(Cl)c1. The van der Waals surface area contributed by atoms with Gasteiger partial charge in [-0.25, -0.2) is 0 Å². The van der Waals surface area contributed by atoms with Gasteiger partial charge in [-0.05, 0) is 24.1 Å². The van der Waals surface area contributed by atoms with Crippen LogP contribution >= 0.6 is 11.6 Å². The lowest BCUT2D eigenvalue weighted by molar-refractivity contribution is 0.768. The van der Waals surface area contributed by atoms with Gasteiger partial charge in [0.25, 0.3) is 0 Å². The van der Waals surface area contributed by atoms with Gasteiger partial charge >= 0.3 is 0 Å². The molecule has 1 aromatic carbocycles. The summed E-state index contributed by atoms with van der Waals surface area (Å²) in [6.07, 6.45) is 3.73. The van der Waals surface area contributed by atoms with Crippen molar-refractivity contribution < 1.29 is 0 Å². The largest absolute Gasteiger partial charge is 0.378 e. The van der Waals surface area contributed by atoms with Gasteiger partial charge in [-0.3, -0.25) is 4.68 Å². The number of hydrogen-bond acceptors (Lipinski definition) is 2. The Morgan fingerprint density at radius 3 is 2.88 bits per heavy atom. The van der Waals surface area contributed by atoms with Crippen LogP contribution in [0.1, 0.15) is 11.1 Å². The van der Waals surface area contributed by atoms with Gasteiger partial charge in [0.15, 0.2) is 0 Å². The maximum Gasteiger partial charge on any atom is 0.0729 e. The van der Waals surface area contributed by atoms with E-state index in [9.17, 15) is 0 Å². The number of aromatic nitrogens is 2. The maximum atomic E-state index is 6.14. The molecule has 0 fully saturated rings. The van der Waals surface area contributed by atoms with Gasteiger partial charge in [0.1, 0.15) is 0 Å². The van der Waals surface area contributed by atoms with Crippen LogP contribution in [0.3, 0.4) is 0 Å². The third-order valence-electron chi connectivity index (χ3n) is 2.40. The van der Waals surface area contributed by atoms with E-state index in [-0.39, 0.29) is 0 Å². The Kier molecular flexibility index (Phi) is 3.15. The van der Waals surface area contributed by atoms with Crippen molar-refractivity contribution >= 4 is 17.3 Å². The molecule has 16 heavy (non-hydrogen) atoms. The van der Waals surface area contributed by atoms with E-state index in [1.165, 1.54) is 5.56 Å². The summed E-state index contributed by atoms with van der Waals surface area (Å²) < 4.78 is 1.76. The fourth-order valence-electron chi connectivity index (χ4n) is 1.51. The van der Waals surface area contributed by atoms with Crippen molar-refractivity contribution in [2.45, 2.75) is 13.5 Å². The van der Waals surface area contributed by atoms with E-state index in [4.69, 9.17) is 11.6 Å². The molecule has 3 nitrogen and oxygen atoms in total. The number of hydrogen-bond donors (Lipinski definition) is 1. The molecule has 0 spiro atoms. The molecular weight excluding hydrogens is 222 g/mol. The molecule has 2 rings (SSSR count). The second-order valence-corrected chi connectivity index (χ2v) is 4.26. The van der Waals surface area contributed by atoms with Gasteiger partial charge < -0.3 is 5.32 Å². The zero-order chi connectivity index (χ0) is 11.5. The minimum atomic E-state index is 0.713. The van der Waals surface area contributed by atoms with Gasteiger partial charge in [0, 0.05) is 24.8 Å². The van der Waals surface area contributed by atoms with E-state index >= 15 is 0 Å². The number of aryl methyl sites for hydroxylation is 2. The predicted octanol–water partition coefficient (Wildman–Crippen LogP) is 2.99. The highest BCUT2D eigenvalue weighted by Gasteiger charge is 2.01. The minimum Gasteiger partial charge on any atom is -0.378 e. The lowest BCUT2D eigenvalue weighted by atomic mass is 10.1. The summed E-state index contributed by atoms with van der Waals surface area (Å²) in [5.41, 5.74) is 3.27. The van der Waals surface area contributed by atoms with E-state index in [2.05, 4.69) is 16.5 Å². The molecule has 0 aliphatic heterocycles. The Balaban J connectivity index is 2.04. The van der Waals surface area contributed by atoms with Gasteiger partial charge in [0.05, 0.1) is 11.9 Å². The summed E-state index contributed by atoms with van der Waals surface area (Å²) in [5, 5.41) is 8.16. The van der Waals surface area contributed by atoms with Crippen molar-refractivity contribution in [1.82, 2.24) is 9.78 Å². The molecule has 0 saturated carbocycles. The summed E-state index contributed by atoms with van der Waals surface area (Å²) in [6.45, 7) is 2.75. The molecule has 1 aromatic heterocycles. The summed E-state index contributed by atoms with van der Waals surface area (Å²) in [6, 6.07) is 6.08. The number of halogens is 1. The van der Waals surface area contributed by atoms with E-state index in [0.717, 1.165) is 16.3 Å². The van der Waals surface area contributed by atoms with Crippen molar-refractivity contribution in [2.24, 2.45) is 7.05 Å². The normalized spacial score (nSPS) is 10.4. The van der Waals surface area contributed by atoms with E-state index in [0.29, 0.717) is 6.54 Å². The molecule has 0 radical (unpaired) electrons. The molecular formula is C12H14ClN3. The molecule has 4 heteroatoms. The number of nitrogens with one attached hydrogen (secondary N) is 1. The van der Waals surface area contributed by atoms with Gasteiger partial charge in [0.2, 0.25) is 0 Å². The summed E-state index contributed by atoms with van der Waals surface area (Å²) in [7, 11) is 1.89. The summed E-state index contributed by atoms with van der Waals surface area (Å²) in [5.74, 6) is 0. The number of benzene rings is 1. The monoisotopic (exact) mass is 235 g/mol. The molecule has 1 heterocycles. The topological polar surface area (TPSA) is 29.9 Å². The molecule has 0 unspecified atom stereocenters. The van der Waals surface area contributed by atoms with Crippen LogP contribution in [-0.2, 0) is 13.6 Å². The zero-order valence-corrected chi connectivity index (χ0v) is 10.1. The quantitative estimate of drug-likeness (QED) is 0.887. The molecule has 0 aliphatic rings. The second kappa shape index (κ2) is 4.58. The first kappa shape index (κ1) is 11.0. The van der Waals surface area contributed by atoms with Crippen LogP contribution in [0.25, 0.3) is 0 Å². The van der Waals surface area contributed by atoms with Crippen LogP contribution in [0.15, 0.2) is 30.6 Å². The average molecular weight is 236 g/mol. The van der Waals surface area contributed by atoms with Crippen molar-refractivity contribution in [3.8, 4) is 0 Å². The van der Waals surface area contributed by atoms with Gasteiger partial charge in [-0.1, -0.05) is 23.7 Å². The number of anilines is 1. The minimum absolute atomic E-state index is 0.713. The molecule has 1 N–H and O–H groups in total. The Morgan fingerprint density at radius 1 is 1.44 bits per heavy atom. The first-order valence-corrected chi connectivity index (χ1v) is 5.50. The highest BCUT2D eigenvalue weighted by molar-refractivity contribution is 6.31. The van der Waals surface area contributed by atoms with Crippen molar-refractivity contribution in [3.05, 3.63) is 46.7 Å². The van der Waals surface area contributed by atoms with Crippen LogP contribution in [0.5, 0.6) is 0 Å². The van der Waals surface area contributed by atoms with Gasteiger partial charge in [-0.2, -0.15) is 5.10 Å². The summed E-state index contributed by atoms with van der Waals surface area (Å²) >= 11 is 6.14. The fourth-order valence-corrected chi connectivity index (χ4v) is 1.81. The highest BCUT2D eigenvalue weighted by atomic mass is 35.5. The van der Waals surface area contributed by atoms with Gasteiger partial charge in [-0.15, -0.1) is 0 Å². The predicted molar refractivity (Wildman–Crippen MR) is 66.7 cm³/mol. The molecule has 0 amide bonds. The third-order valence-corrected chi connectivity index (χ3v) is 2.75. The molecule has 84 valence electrons. The van der Waals surface area contributed by atoms with Crippen LogP contribution in [0.4, 0.5) is 5.69 Å². The lowest BCUT2D eigenvalue weighted by Crippen LogP contribution is -1.99. The molecule has 0 atom stereocenters. The first-order valence-electron chi connectivity index (χ1n) is 5.13. The Bertz CT molecular complexity index is 491. The van der Waals surface area contributed by atoms with Crippen LogP contribution in [-0.4, -0.2) is 9.78 Å². The van der Waals surface area contributed by atoms with Crippen molar-refractivity contribution in [1.29, 1.82) is 0 Å². The molecule has 0 bridgehead atoms. The Morgan fingerprint density at radius 2 is 2.25 bits per heavy atom. The standard InChI is InChI=1S/C12H14ClN3/c1-9-3-4-10(12(13)5-9)6-14-11-7-15-16(2)8-11/h3-5,7-8,14H,6H2,1-2H3. The maximum absolute atomic E-state index is 6.14. The fraction of sp³-hybridized carbons (Fsp3) is 0.250. The molecule has 2 aromatic rings. The zero-order valence-electron chi connectivity index (χ0n) is 9.37. The second-order valence-electron chi connectivity index (χ2n) is 3.85. The van der Waals surface area contributed by atoms with Crippen LogP contribution in [0, 0.1) is 6.92 Å². The third kappa shape index (κ3) is 2.55. The summed E-state index contributed by atoms with van der Waals surface area (Å²) in [4.78, 5) is 0. The smallest absolute Gasteiger partial charge is 0.0729 e. The average Bonchev–Trinajstić information content (AvgIpc) is 2.63. The van der Waals surface area contributed by atoms with Crippen LogP contribution in [0.2, 0.25) is 5.02 Å². The van der Waals surface area contributed by atoms with Crippen LogP contribution < -0.4 is 5.32 Å². The number of rotatable bonds is 3. The molecule has 0 aliphatic carbocycles. The highest BCUT2D eigenvalue weighted by Crippen LogP contribution is 2.18. The Labute approximate surface area is 100 Å². The van der Waals surface area contributed by atoms with E-state index in [1.807, 2.05) is 32.3 Å². The van der Waals surface area contributed by atoms with Crippen molar-refractivity contribution in [3.63, 3.8) is 0 Å². The number of nitrogens with zero attached hydrogens (tertiary/aromatic N) is 2. The van der Waals surface area contributed by atoms with E-state index < -0.39 is 0 Å².